The zero-order chi connectivity index (χ0) is 19.2. The highest BCUT2D eigenvalue weighted by molar-refractivity contribution is 5.79. The molecule has 1 aliphatic carbocycles. The minimum atomic E-state index is -0.0962. The average molecular weight is 367 g/mol. The van der Waals surface area contributed by atoms with Crippen LogP contribution in [0.4, 0.5) is 0 Å². The number of nitrogens with one attached hydrogen (secondary N) is 1. The predicted octanol–water partition coefficient (Wildman–Crippen LogP) is 4.39. The van der Waals surface area contributed by atoms with Gasteiger partial charge in [0.05, 0.1) is 26.2 Å². The monoisotopic (exact) mass is 367 g/mol. The molecular formula is C23H29NO3. The van der Waals surface area contributed by atoms with Gasteiger partial charge in [-0.15, -0.1) is 0 Å². The van der Waals surface area contributed by atoms with Crippen molar-refractivity contribution < 1.29 is 14.3 Å². The van der Waals surface area contributed by atoms with E-state index in [2.05, 4.69) is 30.4 Å². The third kappa shape index (κ3) is 4.82. The van der Waals surface area contributed by atoms with Crippen molar-refractivity contribution in [3.63, 3.8) is 0 Å². The van der Waals surface area contributed by atoms with Crippen molar-refractivity contribution >= 4 is 5.91 Å². The van der Waals surface area contributed by atoms with Crippen LogP contribution in [-0.4, -0.2) is 19.6 Å². The van der Waals surface area contributed by atoms with Gasteiger partial charge >= 0.3 is 0 Å². The van der Waals surface area contributed by atoms with Crippen LogP contribution in [0.3, 0.4) is 0 Å². The van der Waals surface area contributed by atoms with Gasteiger partial charge in [-0.1, -0.05) is 31.2 Å². The van der Waals surface area contributed by atoms with Crippen molar-refractivity contribution in [2.75, 3.05) is 13.7 Å². The van der Waals surface area contributed by atoms with Crippen LogP contribution in [0.25, 0.3) is 0 Å². The molecule has 4 heteroatoms. The van der Waals surface area contributed by atoms with E-state index in [-0.39, 0.29) is 11.9 Å². The first kappa shape index (κ1) is 19.3. The summed E-state index contributed by atoms with van der Waals surface area (Å²) in [5.74, 6) is 1.46. The molecule has 4 nitrogen and oxygen atoms in total. The maximum absolute atomic E-state index is 12.5. The number of ether oxygens (including phenoxy) is 2. The third-order valence-corrected chi connectivity index (χ3v) is 5.05. The lowest BCUT2D eigenvalue weighted by Gasteiger charge is -2.17. The van der Waals surface area contributed by atoms with Gasteiger partial charge in [0, 0.05) is 0 Å². The van der Waals surface area contributed by atoms with E-state index in [0.29, 0.717) is 18.8 Å². The minimum Gasteiger partial charge on any atom is -0.493 e. The lowest BCUT2D eigenvalue weighted by molar-refractivity contribution is -0.121. The van der Waals surface area contributed by atoms with E-state index in [1.165, 1.54) is 24.0 Å². The fraction of sp³-hybridized carbons (Fsp3) is 0.435. The van der Waals surface area contributed by atoms with Crippen LogP contribution in [0.1, 0.15) is 55.0 Å². The van der Waals surface area contributed by atoms with E-state index in [1.807, 2.05) is 25.1 Å². The number of hydrogen-bond acceptors (Lipinski definition) is 3. The van der Waals surface area contributed by atoms with Gasteiger partial charge in [-0.3, -0.25) is 4.79 Å². The van der Waals surface area contributed by atoms with Crippen molar-refractivity contribution in [3.8, 4) is 11.5 Å². The van der Waals surface area contributed by atoms with Crippen LogP contribution in [0.5, 0.6) is 11.5 Å². The zero-order valence-electron chi connectivity index (χ0n) is 16.5. The summed E-state index contributed by atoms with van der Waals surface area (Å²) in [5.41, 5.74) is 4.92. The zero-order valence-corrected chi connectivity index (χ0v) is 16.5. The molecule has 0 spiro atoms. The number of benzene rings is 2. The van der Waals surface area contributed by atoms with Gasteiger partial charge in [0.15, 0.2) is 11.5 Å². The maximum Gasteiger partial charge on any atom is 0.224 e. The highest BCUT2D eigenvalue weighted by Crippen LogP contribution is 2.30. The van der Waals surface area contributed by atoms with Crippen molar-refractivity contribution in [2.45, 2.75) is 52.0 Å². The van der Waals surface area contributed by atoms with Crippen LogP contribution < -0.4 is 14.8 Å². The molecule has 0 radical (unpaired) electrons. The second-order valence-corrected chi connectivity index (χ2v) is 7.18. The lowest BCUT2D eigenvalue weighted by Crippen LogP contribution is -2.28. The van der Waals surface area contributed by atoms with Crippen molar-refractivity contribution in [1.82, 2.24) is 5.32 Å². The Bertz CT molecular complexity index is 800. The summed E-state index contributed by atoms with van der Waals surface area (Å²) in [7, 11) is 1.63. The fourth-order valence-electron chi connectivity index (χ4n) is 3.58. The molecule has 0 heterocycles. The summed E-state index contributed by atoms with van der Waals surface area (Å²) in [6, 6.07) is 12.2. The van der Waals surface area contributed by atoms with Gasteiger partial charge in [0.2, 0.25) is 5.91 Å². The molecule has 0 saturated carbocycles. The SMILES string of the molecule is CCCOc1ccc(C(C)NC(=O)Cc2ccc3c(c2)CCC3)cc1OC. The summed E-state index contributed by atoms with van der Waals surface area (Å²) >= 11 is 0. The molecule has 1 amide bonds. The topological polar surface area (TPSA) is 47.6 Å². The Morgan fingerprint density at radius 3 is 2.70 bits per heavy atom. The second-order valence-electron chi connectivity index (χ2n) is 7.18. The van der Waals surface area contributed by atoms with Crippen LogP contribution in [0.2, 0.25) is 0 Å². The predicted molar refractivity (Wildman–Crippen MR) is 108 cm³/mol. The summed E-state index contributed by atoms with van der Waals surface area (Å²) in [5, 5.41) is 3.09. The van der Waals surface area contributed by atoms with Crippen molar-refractivity contribution in [1.29, 1.82) is 0 Å². The molecule has 0 aromatic heterocycles. The summed E-state index contributed by atoms with van der Waals surface area (Å²) in [6.45, 7) is 4.71. The molecule has 144 valence electrons. The minimum absolute atomic E-state index is 0.0331. The summed E-state index contributed by atoms with van der Waals surface area (Å²) in [4.78, 5) is 12.5. The molecule has 1 atom stereocenters. The highest BCUT2D eigenvalue weighted by atomic mass is 16.5. The van der Waals surface area contributed by atoms with Gasteiger partial charge in [0.1, 0.15) is 0 Å². The smallest absolute Gasteiger partial charge is 0.224 e. The van der Waals surface area contributed by atoms with E-state index in [9.17, 15) is 4.79 Å². The highest BCUT2D eigenvalue weighted by Gasteiger charge is 2.15. The normalized spacial score (nSPS) is 13.7. The summed E-state index contributed by atoms with van der Waals surface area (Å²) in [6.07, 6.45) is 4.88. The number of carbonyl (C=O) groups is 1. The van der Waals surface area contributed by atoms with Gasteiger partial charge in [-0.05, 0) is 67.0 Å². The van der Waals surface area contributed by atoms with E-state index in [4.69, 9.17) is 9.47 Å². The molecule has 1 N–H and O–H groups in total. The number of methoxy groups -OCH3 is 1. The maximum atomic E-state index is 12.5. The van der Waals surface area contributed by atoms with E-state index >= 15 is 0 Å². The molecule has 0 fully saturated rings. The van der Waals surface area contributed by atoms with Crippen LogP contribution in [-0.2, 0) is 24.1 Å². The Kier molecular flexibility index (Phi) is 6.38. The number of fused-ring (bicyclic) bond motifs is 1. The average Bonchev–Trinajstić information content (AvgIpc) is 3.13. The molecule has 0 aliphatic heterocycles. The first-order chi connectivity index (χ1) is 13.1. The first-order valence-corrected chi connectivity index (χ1v) is 9.81. The molecule has 0 bridgehead atoms. The molecule has 1 unspecified atom stereocenters. The van der Waals surface area contributed by atoms with Gasteiger partial charge in [0.25, 0.3) is 0 Å². The standard InChI is InChI=1S/C23H29NO3/c1-4-12-27-21-11-10-19(15-22(21)26-3)16(2)24-23(25)14-17-8-9-18-6-5-7-20(18)13-17/h8-11,13,15-16H,4-7,12,14H2,1-3H3,(H,24,25). The third-order valence-electron chi connectivity index (χ3n) is 5.05. The number of amides is 1. The number of rotatable bonds is 8. The van der Waals surface area contributed by atoms with Crippen molar-refractivity contribution in [2.24, 2.45) is 0 Å². The lowest BCUT2D eigenvalue weighted by atomic mass is 10.0. The second kappa shape index (κ2) is 8.94. The molecule has 2 aromatic rings. The summed E-state index contributed by atoms with van der Waals surface area (Å²) < 4.78 is 11.1. The largest absolute Gasteiger partial charge is 0.493 e. The van der Waals surface area contributed by atoms with E-state index in [0.717, 1.165) is 29.7 Å². The number of hydrogen-bond donors (Lipinski definition) is 1. The molecule has 0 saturated heterocycles. The molecule has 3 rings (SSSR count). The Balaban J connectivity index is 1.62. The molecule has 1 aliphatic rings. The Labute approximate surface area is 161 Å². The van der Waals surface area contributed by atoms with Crippen LogP contribution >= 0.6 is 0 Å². The molecule has 2 aromatic carbocycles. The molecule has 27 heavy (non-hydrogen) atoms. The van der Waals surface area contributed by atoms with E-state index < -0.39 is 0 Å². The molecular weight excluding hydrogens is 338 g/mol. The van der Waals surface area contributed by atoms with Gasteiger partial charge < -0.3 is 14.8 Å². The van der Waals surface area contributed by atoms with Gasteiger partial charge in [-0.25, -0.2) is 0 Å². The Morgan fingerprint density at radius 1 is 1.11 bits per heavy atom. The van der Waals surface area contributed by atoms with Crippen LogP contribution in [0.15, 0.2) is 36.4 Å². The Morgan fingerprint density at radius 2 is 1.93 bits per heavy atom. The first-order valence-electron chi connectivity index (χ1n) is 9.81. The van der Waals surface area contributed by atoms with E-state index in [1.54, 1.807) is 7.11 Å². The van der Waals surface area contributed by atoms with Gasteiger partial charge in [-0.2, -0.15) is 0 Å². The fourth-order valence-corrected chi connectivity index (χ4v) is 3.58. The quantitative estimate of drug-likeness (QED) is 0.753. The number of aryl methyl sites for hydroxylation is 2. The number of carbonyl (C=O) groups excluding carboxylic acids is 1. The van der Waals surface area contributed by atoms with Crippen LogP contribution in [0, 0.1) is 0 Å². The Hall–Kier alpha value is -2.49. The van der Waals surface area contributed by atoms with Crippen molar-refractivity contribution in [3.05, 3.63) is 58.7 Å².